The average molecular weight is 804 g/mol. The van der Waals surface area contributed by atoms with E-state index in [0.717, 1.165) is 61.3 Å². The maximum atomic E-state index is 7.25. The maximum Gasteiger partial charge on any atom is 0.159 e. The molecule has 0 N–H and O–H groups in total. The molecule has 0 atom stereocenters. The van der Waals surface area contributed by atoms with Crippen LogP contribution in [0.4, 0.5) is 17.1 Å². The first-order chi connectivity index (χ1) is 31.2. The number of fused-ring (bicyclic) bond motifs is 6. The molecule has 1 aliphatic rings. The van der Waals surface area contributed by atoms with Gasteiger partial charge in [-0.15, -0.1) is 0 Å². The van der Waals surface area contributed by atoms with Gasteiger partial charge >= 0.3 is 0 Å². The number of para-hydroxylation sites is 1. The molecule has 1 heterocycles. The van der Waals surface area contributed by atoms with Crippen molar-refractivity contribution in [2.45, 2.75) is 5.41 Å². The average Bonchev–Trinajstić information content (AvgIpc) is 3.89. The number of furan rings is 1. The Morgan fingerprint density at radius 2 is 0.825 bits per heavy atom. The minimum Gasteiger partial charge on any atom is -0.454 e. The van der Waals surface area contributed by atoms with Gasteiger partial charge in [-0.05, 0) is 109 Å². The molecule has 0 amide bonds. The molecule has 2 heteroatoms. The summed E-state index contributed by atoms with van der Waals surface area (Å²) in [5, 5.41) is 2.16. The van der Waals surface area contributed by atoms with E-state index in [2.05, 4.69) is 254 Å². The quantitative estimate of drug-likeness (QED) is 0.152. The largest absolute Gasteiger partial charge is 0.454 e. The van der Waals surface area contributed by atoms with Crippen molar-refractivity contribution in [3.8, 4) is 44.5 Å². The van der Waals surface area contributed by atoms with Crippen LogP contribution in [-0.2, 0) is 5.41 Å². The van der Waals surface area contributed by atoms with E-state index >= 15 is 0 Å². The molecule has 0 fully saturated rings. The first-order valence-electron chi connectivity index (χ1n) is 21.7. The molecule has 0 spiro atoms. The van der Waals surface area contributed by atoms with Gasteiger partial charge in [0.2, 0.25) is 0 Å². The van der Waals surface area contributed by atoms with Crippen molar-refractivity contribution in [3.05, 3.63) is 271 Å². The molecule has 1 aromatic heterocycles. The molecular weight excluding hydrogens is 763 g/mol. The summed E-state index contributed by atoms with van der Waals surface area (Å²) < 4.78 is 7.25. The molecule has 0 saturated carbocycles. The van der Waals surface area contributed by atoms with Crippen LogP contribution in [0.5, 0.6) is 0 Å². The number of nitrogens with zero attached hydrogens (tertiary/aromatic N) is 1. The molecule has 0 radical (unpaired) electrons. The predicted molar refractivity (Wildman–Crippen MR) is 262 cm³/mol. The number of rotatable bonds is 8. The van der Waals surface area contributed by atoms with E-state index in [0.29, 0.717) is 0 Å². The number of benzene rings is 10. The van der Waals surface area contributed by atoms with E-state index in [-0.39, 0.29) is 0 Å². The molecule has 11 aromatic rings. The predicted octanol–water partition coefficient (Wildman–Crippen LogP) is 16.4. The molecule has 63 heavy (non-hydrogen) atoms. The molecule has 0 unspecified atom stereocenters. The molecular formula is C61H41NO. The van der Waals surface area contributed by atoms with Crippen LogP contribution in [0.25, 0.3) is 66.4 Å². The molecule has 1 aliphatic carbocycles. The molecule has 12 rings (SSSR count). The van der Waals surface area contributed by atoms with Crippen molar-refractivity contribution in [2.75, 3.05) is 4.90 Å². The van der Waals surface area contributed by atoms with Crippen LogP contribution >= 0.6 is 0 Å². The van der Waals surface area contributed by atoms with E-state index < -0.39 is 5.41 Å². The van der Waals surface area contributed by atoms with Crippen LogP contribution in [0, 0.1) is 0 Å². The van der Waals surface area contributed by atoms with Crippen molar-refractivity contribution in [3.63, 3.8) is 0 Å². The summed E-state index contributed by atoms with van der Waals surface area (Å²) in [6.07, 6.45) is 0. The standard InChI is InChI=1S/C61H41NO/c1-5-18-42(19-6-1)45-32-35-50(36-33-45)62(51-39-46(43-20-7-2-8-21-43)38-47(40-51)44-22-9-3-10-23-44)58-31-17-28-55-54-37-34-49(41-59(54)63-60(55)58)61(48-24-11-4-12-25-48)56-29-15-13-26-52(56)53-27-14-16-30-57(53)61/h1-41H. The van der Waals surface area contributed by atoms with Gasteiger partial charge in [0.05, 0.1) is 11.1 Å². The summed E-state index contributed by atoms with van der Waals surface area (Å²) in [7, 11) is 0. The zero-order chi connectivity index (χ0) is 41.7. The van der Waals surface area contributed by atoms with E-state index in [4.69, 9.17) is 4.42 Å². The zero-order valence-corrected chi connectivity index (χ0v) is 34.5. The van der Waals surface area contributed by atoms with Crippen molar-refractivity contribution in [1.82, 2.24) is 0 Å². The van der Waals surface area contributed by atoms with Crippen molar-refractivity contribution >= 4 is 39.0 Å². The third-order valence-corrected chi connectivity index (χ3v) is 12.9. The van der Waals surface area contributed by atoms with E-state index in [9.17, 15) is 0 Å². The van der Waals surface area contributed by atoms with Gasteiger partial charge in [0.25, 0.3) is 0 Å². The molecule has 0 aliphatic heterocycles. The van der Waals surface area contributed by atoms with Gasteiger partial charge in [-0.25, -0.2) is 0 Å². The van der Waals surface area contributed by atoms with Crippen molar-refractivity contribution in [1.29, 1.82) is 0 Å². The van der Waals surface area contributed by atoms with Crippen LogP contribution in [0.3, 0.4) is 0 Å². The Labute approximate surface area is 367 Å². The van der Waals surface area contributed by atoms with Gasteiger partial charge in [-0.1, -0.05) is 206 Å². The lowest BCUT2D eigenvalue weighted by Gasteiger charge is -2.33. The Bertz CT molecular complexity index is 3320. The third-order valence-electron chi connectivity index (χ3n) is 12.9. The molecule has 10 aromatic carbocycles. The van der Waals surface area contributed by atoms with Crippen molar-refractivity contribution < 1.29 is 4.42 Å². The Morgan fingerprint density at radius 3 is 1.41 bits per heavy atom. The van der Waals surface area contributed by atoms with Gasteiger partial charge in [0.1, 0.15) is 5.58 Å². The smallest absolute Gasteiger partial charge is 0.159 e. The van der Waals surface area contributed by atoms with Crippen LogP contribution in [0.1, 0.15) is 22.3 Å². The van der Waals surface area contributed by atoms with Crippen LogP contribution < -0.4 is 4.90 Å². The second kappa shape index (κ2) is 15.1. The lowest BCUT2D eigenvalue weighted by molar-refractivity contribution is 0.666. The van der Waals surface area contributed by atoms with Crippen LogP contribution in [-0.4, -0.2) is 0 Å². The van der Waals surface area contributed by atoms with Crippen LogP contribution in [0.15, 0.2) is 253 Å². The normalized spacial score (nSPS) is 12.6. The van der Waals surface area contributed by atoms with Crippen molar-refractivity contribution in [2.24, 2.45) is 0 Å². The molecule has 2 nitrogen and oxygen atoms in total. The topological polar surface area (TPSA) is 16.4 Å². The number of hydrogen-bond donors (Lipinski definition) is 0. The summed E-state index contributed by atoms with van der Waals surface area (Å²) >= 11 is 0. The Kier molecular flexibility index (Phi) is 8.76. The summed E-state index contributed by atoms with van der Waals surface area (Å²) in [4.78, 5) is 2.37. The summed E-state index contributed by atoms with van der Waals surface area (Å²) in [6.45, 7) is 0. The van der Waals surface area contributed by atoms with Gasteiger partial charge in [0, 0.05) is 22.1 Å². The Balaban J connectivity index is 1.09. The van der Waals surface area contributed by atoms with E-state index in [1.165, 1.54) is 44.5 Å². The first-order valence-corrected chi connectivity index (χ1v) is 21.7. The Hall–Kier alpha value is -8.20. The highest BCUT2D eigenvalue weighted by Gasteiger charge is 2.46. The van der Waals surface area contributed by atoms with Gasteiger partial charge in [-0.3, -0.25) is 0 Å². The number of hydrogen-bond acceptors (Lipinski definition) is 2. The minimum atomic E-state index is -0.525. The summed E-state index contributed by atoms with van der Waals surface area (Å²) in [5.74, 6) is 0. The van der Waals surface area contributed by atoms with E-state index in [1.807, 2.05) is 0 Å². The first kappa shape index (κ1) is 36.6. The Morgan fingerprint density at radius 1 is 0.317 bits per heavy atom. The SMILES string of the molecule is c1ccc(-c2ccc(N(c3cc(-c4ccccc4)cc(-c4ccccc4)c3)c3cccc4c3oc3cc(C5(c6ccccc6)c6ccccc6-c6ccccc65)ccc34)cc2)cc1. The monoisotopic (exact) mass is 803 g/mol. The van der Waals surface area contributed by atoms with Gasteiger partial charge < -0.3 is 9.32 Å². The third kappa shape index (κ3) is 6.02. The summed E-state index contributed by atoms with van der Waals surface area (Å²) in [6, 6.07) is 90.0. The highest BCUT2D eigenvalue weighted by molar-refractivity contribution is 6.11. The fourth-order valence-corrected chi connectivity index (χ4v) is 10.1. The fraction of sp³-hybridized carbons (Fsp3) is 0.0164. The second-order valence-corrected chi connectivity index (χ2v) is 16.4. The minimum absolute atomic E-state index is 0.525. The van der Waals surface area contributed by atoms with Crippen LogP contribution in [0.2, 0.25) is 0 Å². The zero-order valence-electron chi connectivity index (χ0n) is 34.5. The molecule has 0 saturated heterocycles. The fourth-order valence-electron chi connectivity index (χ4n) is 10.1. The van der Waals surface area contributed by atoms with Gasteiger partial charge in [-0.2, -0.15) is 0 Å². The number of anilines is 3. The summed E-state index contributed by atoms with van der Waals surface area (Å²) in [5.41, 5.74) is 18.7. The van der Waals surface area contributed by atoms with E-state index in [1.54, 1.807) is 0 Å². The van der Waals surface area contributed by atoms with Gasteiger partial charge in [0.15, 0.2) is 5.58 Å². The highest BCUT2D eigenvalue weighted by Crippen LogP contribution is 2.56. The lowest BCUT2D eigenvalue weighted by Crippen LogP contribution is -2.28. The maximum absolute atomic E-state index is 7.25. The molecule has 0 bridgehead atoms. The second-order valence-electron chi connectivity index (χ2n) is 16.4. The highest BCUT2D eigenvalue weighted by atomic mass is 16.3. The molecule has 296 valence electrons. The lowest BCUT2D eigenvalue weighted by atomic mass is 9.67.